The third-order valence-electron chi connectivity index (χ3n) is 4.98. The van der Waals surface area contributed by atoms with Gasteiger partial charge in [-0.25, -0.2) is 0 Å². The van der Waals surface area contributed by atoms with Crippen molar-refractivity contribution in [1.82, 2.24) is 0 Å². The Kier molecular flexibility index (Phi) is 5.34. The molecule has 1 atom stereocenters. The first-order valence-corrected chi connectivity index (χ1v) is 8.92. The Hall–Kier alpha value is -0.300. The van der Waals surface area contributed by atoms with Crippen LogP contribution < -0.4 is 0 Å². The van der Waals surface area contributed by atoms with Gasteiger partial charge >= 0.3 is 0 Å². The van der Waals surface area contributed by atoms with Gasteiger partial charge in [-0.05, 0) is 73.0 Å². The van der Waals surface area contributed by atoms with Crippen LogP contribution >= 0.6 is 15.9 Å². The van der Waals surface area contributed by atoms with Crippen LogP contribution in [0.3, 0.4) is 0 Å². The van der Waals surface area contributed by atoms with E-state index in [-0.39, 0.29) is 0 Å². The highest BCUT2D eigenvalue weighted by atomic mass is 79.9. The van der Waals surface area contributed by atoms with Gasteiger partial charge < -0.3 is 0 Å². The molecule has 0 N–H and O–H groups in total. The van der Waals surface area contributed by atoms with Crippen molar-refractivity contribution in [2.45, 2.75) is 65.7 Å². The summed E-state index contributed by atoms with van der Waals surface area (Å²) in [6, 6.07) is 9.07. The monoisotopic (exact) mass is 336 g/mol. The van der Waals surface area contributed by atoms with E-state index in [0.29, 0.717) is 5.41 Å². The van der Waals surface area contributed by atoms with Crippen LogP contribution in [0.15, 0.2) is 28.7 Å². The molecule has 1 saturated carbocycles. The fraction of sp³-hybridized carbons (Fsp3) is 0.684. The molecule has 1 aromatic carbocycles. The van der Waals surface area contributed by atoms with Gasteiger partial charge in [-0.2, -0.15) is 0 Å². The summed E-state index contributed by atoms with van der Waals surface area (Å²) in [6.07, 6.45) is 6.92. The molecule has 1 aliphatic carbocycles. The number of hydrogen-bond donors (Lipinski definition) is 0. The van der Waals surface area contributed by atoms with Gasteiger partial charge in [0.2, 0.25) is 0 Å². The van der Waals surface area contributed by atoms with Crippen LogP contribution in [0, 0.1) is 17.3 Å². The fourth-order valence-corrected chi connectivity index (χ4v) is 3.91. The molecule has 1 aromatic rings. The average molecular weight is 337 g/mol. The molecule has 0 spiro atoms. The summed E-state index contributed by atoms with van der Waals surface area (Å²) < 4.78 is 1.19. The summed E-state index contributed by atoms with van der Waals surface area (Å²) in [7, 11) is 0. The molecular formula is C19H29Br. The van der Waals surface area contributed by atoms with Gasteiger partial charge in [0.1, 0.15) is 0 Å². The zero-order valence-electron chi connectivity index (χ0n) is 13.5. The largest absolute Gasteiger partial charge is 0.0628 e. The van der Waals surface area contributed by atoms with E-state index in [1.54, 1.807) is 5.56 Å². The first-order valence-electron chi connectivity index (χ1n) is 8.13. The van der Waals surface area contributed by atoms with Crippen LogP contribution in [-0.2, 0) is 0 Å². The van der Waals surface area contributed by atoms with Crippen LogP contribution in [-0.4, -0.2) is 0 Å². The van der Waals surface area contributed by atoms with Gasteiger partial charge in [-0.1, -0.05) is 55.8 Å². The van der Waals surface area contributed by atoms with E-state index >= 15 is 0 Å². The average Bonchev–Trinajstić information content (AvgIpc) is 2.37. The quantitative estimate of drug-likeness (QED) is 0.567. The Labute approximate surface area is 133 Å². The molecule has 20 heavy (non-hydrogen) atoms. The maximum Gasteiger partial charge on any atom is 0.0175 e. The molecule has 1 heteroatoms. The number of benzene rings is 1. The van der Waals surface area contributed by atoms with Crippen LogP contribution in [0.25, 0.3) is 0 Å². The van der Waals surface area contributed by atoms with E-state index in [1.807, 2.05) is 0 Å². The van der Waals surface area contributed by atoms with Crippen molar-refractivity contribution in [2.24, 2.45) is 17.3 Å². The smallest absolute Gasteiger partial charge is 0.0175 e. The minimum Gasteiger partial charge on any atom is -0.0628 e. The molecule has 0 aromatic heterocycles. The number of hydrogen-bond acceptors (Lipinski definition) is 0. The van der Waals surface area contributed by atoms with E-state index in [1.165, 1.54) is 36.6 Å². The molecule has 0 radical (unpaired) electrons. The minimum absolute atomic E-state index is 0.568. The Balaban J connectivity index is 2.13. The summed E-state index contributed by atoms with van der Waals surface area (Å²) >= 11 is 3.56. The van der Waals surface area contributed by atoms with Crippen molar-refractivity contribution >= 4 is 15.9 Å². The fourth-order valence-electron chi connectivity index (χ4n) is 3.64. The molecule has 1 fully saturated rings. The van der Waals surface area contributed by atoms with E-state index in [4.69, 9.17) is 0 Å². The summed E-state index contributed by atoms with van der Waals surface area (Å²) in [5.74, 6) is 2.41. The highest BCUT2D eigenvalue weighted by Crippen LogP contribution is 2.45. The standard InChI is InChI=1S/C19H29Br/c1-14(2)13-18(15-5-7-17(20)8-6-15)16-9-11-19(3,4)12-10-16/h5-8,14,16,18H,9-13H2,1-4H3. The van der Waals surface area contributed by atoms with Crippen LogP contribution in [0.5, 0.6) is 0 Å². The summed E-state index contributed by atoms with van der Waals surface area (Å²) in [5, 5.41) is 0. The molecule has 1 aliphatic rings. The lowest BCUT2D eigenvalue weighted by molar-refractivity contribution is 0.164. The molecule has 2 rings (SSSR count). The summed E-state index contributed by atoms with van der Waals surface area (Å²) in [5.41, 5.74) is 2.12. The molecule has 0 heterocycles. The Morgan fingerprint density at radius 3 is 2.15 bits per heavy atom. The highest BCUT2D eigenvalue weighted by molar-refractivity contribution is 9.10. The molecule has 0 nitrogen and oxygen atoms in total. The number of halogens is 1. The summed E-state index contributed by atoms with van der Waals surface area (Å²) in [6.45, 7) is 9.58. The second kappa shape index (κ2) is 6.64. The van der Waals surface area contributed by atoms with Gasteiger partial charge in [0.05, 0.1) is 0 Å². The van der Waals surface area contributed by atoms with Crippen molar-refractivity contribution in [3.63, 3.8) is 0 Å². The Bertz CT molecular complexity index is 406. The normalized spacial score (nSPS) is 21.1. The summed E-state index contributed by atoms with van der Waals surface area (Å²) in [4.78, 5) is 0. The molecular weight excluding hydrogens is 308 g/mol. The molecule has 1 unspecified atom stereocenters. The molecule has 0 amide bonds. The van der Waals surface area contributed by atoms with Gasteiger partial charge in [-0.3, -0.25) is 0 Å². The van der Waals surface area contributed by atoms with E-state index < -0.39 is 0 Å². The van der Waals surface area contributed by atoms with Gasteiger partial charge in [0.15, 0.2) is 0 Å². The van der Waals surface area contributed by atoms with Crippen molar-refractivity contribution in [3.8, 4) is 0 Å². The lowest BCUT2D eigenvalue weighted by Crippen LogP contribution is -2.26. The Morgan fingerprint density at radius 2 is 1.65 bits per heavy atom. The maximum absolute atomic E-state index is 3.56. The third kappa shape index (κ3) is 4.35. The predicted octanol–water partition coefficient (Wildman–Crippen LogP) is 6.80. The number of rotatable bonds is 4. The van der Waals surface area contributed by atoms with E-state index in [9.17, 15) is 0 Å². The van der Waals surface area contributed by atoms with Gasteiger partial charge in [0.25, 0.3) is 0 Å². The first kappa shape index (κ1) is 16.1. The van der Waals surface area contributed by atoms with Crippen LogP contribution in [0.1, 0.15) is 71.3 Å². The minimum atomic E-state index is 0.568. The van der Waals surface area contributed by atoms with Crippen LogP contribution in [0.2, 0.25) is 0 Å². The van der Waals surface area contributed by atoms with Crippen molar-refractivity contribution in [2.75, 3.05) is 0 Å². The predicted molar refractivity (Wildman–Crippen MR) is 92.1 cm³/mol. The highest BCUT2D eigenvalue weighted by Gasteiger charge is 2.32. The Morgan fingerprint density at radius 1 is 1.10 bits per heavy atom. The second-order valence-corrected chi connectivity index (χ2v) is 8.70. The van der Waals surface area contributed by atoms with E-state index in [0.717, 1.165) is 17.8 Å². The SMILES string of the molecule is CC(C)CC(c1ccc(Br)cc1)C1CCC(C)(C)CC1. The third-order valence-corrected chi connectivity index (χ3v) is 5.51. The topological polar surface area (TPSA) is 0 Å². The molecule has 0 bridgehead atoms. The lowest BCUT2D eigenvalue weighted by Gasteiger charge is -2.39. The molecule has 0 aliphatic heterocycles. The van der Waals surface area contributed by atoms with Crippen molar-refractivity contribution in [3.05, 3.63) is 34.3 Å². The zero-order valence-corrected chi connectivity index (χ0v) is 15.0. The van der Waals surface area contributed by atoms with E-state index in [2.05, 4.69) is 67.9 Å². The van der Waals surface area contributed by atoms with Gasteiger partial charge in [-0.15, -0.1) is 0 Å². The second-order valence-electron chi connectivity index (χ2n) is 7.79. The van der Waals surface area contributed by atoms with Crippen molar-refractivity contribution in [1.29, 1.82) is 0 Å². The van der Waals surface area contributed by atoms with Gasteiger partial charge in [0, 0.05) is 4.47 Å². The molecule has 0 saturated heterocycles. The van der Waals surface area contributed by atoms with Crippen molar-refractivity contribution < 1.29 is 0 Å². The first-order chi connectivity index (χ1) is 9.37. The maximum atomic E-state index is 3.56. The zero-order chi connectivity index (χ0) is 14.8. The van der Waals surface area contributed by atoms with Crippen LogP contribution in [0.4, 0.5) is 0 Å². The molecule has 112 valence electrons. The lowest BCUT2D eigenvalue weighted by atomic mass is 9.67.